The summed E-state index contributed by atoms with van der Waals surface area (Å²) in [6.45, 7) is 0.469. The van der Waals surface area contributed by atoms with Crippen LogP contribution in [-0.2, 0) is 4.74 Å². The Labute approximate surface area is 121 Å². The molecule has 0 fully saturated rings. The van der Waals surface area contributed by atoms with Crippen molar-refractivity contribution in [1.82, 2.24) is 4.98 Å². The number of nitrogens with zero attached hydrogens (tertiary/aromatic N) is 1. The topological polar surface area (TPSA) is 52.3 Å². The van der Waals surface area contributed by atoms with E-state index in [0.29, 0.717) is 29.0 Å². The highest BCUT2D eigenvalue weighted by Crippen LogP contribution is 2.24. The molecule has 20 heavy (non-hydrogen) atoms. The van der Waals surface area contributed by atoms with Crippen LogP contribution in [-0.4, -0.2) is 17.6 Å². The van der Waals surface area contributed by atoms with Crippen molar-refractivity contribution < 1.29 is 13.9 Å². The number of furan rings is 1. The fraction of sp³-hybridized carbons (Fsp3) is 0.333. The summed E-state index contributed by atoms with van der Waals surface area (Å²) < 4.78 is 10.6. The molecule has 4 nitrogen and oxygen atoms in total. The second-order valence-electron chi connectivity index (χ2n) is 4.76. The van der Waals surface area contributed by atoms with Crippen LogP contribution in [0.5, 0.6) is 0 Å². The van der Waals surface area contributed by atoms with Gasteiger partial charge in [-0.15, -0.1) is 11.3 Å². The van der Waals surface area contributed by atoms with E-state index < -0.39 is 0 Å². The van der Waals surface area contributed by atoms with Crippen LogP contribution in [0.15, 0.2) is 40.3 Å². The number of ether oxygens (including phenoxy) is 1. The van der Waals surface area contributed by atoms with Crippen molar-refractivity contribution in [3.05, 3.63) is 41.6 Å². The standard InChI is InChI=1S/C15H15NO3S/c17-15(19-9-11-5-2-1-3-6-11)12-10-20-14(16-12)13-7-4-8-18-13/h1-2,4,7-8,10-11H,3,5-6,9H2. The average molecular weight is 289 g/mol. The van der Waals surface area contributed by atoms with Gasteiger partial charge in [0, 0.05) is 5.38 Å². The van der Waals surface area contributed by atoms with Gasteiger partial charge in [0.2, 0.25) is 0 Å². The van der Waals surface area contributed by atoms with Gasteiger partial charge in [-0.2, -0.15) is 0 Å². The number of thiazole rings is 1. The van der Waals surface area contributed by atoms with Gasteiger partial charge in [0.1, 0.15) is 0 Å². The Balaban J connectivity index is 1.58. The van der Waals surface area contributed by atoms with Gasteiger partial charge in [0.05, 0.1) is 12.9 Å². The number of aromatic nitrogens is 1. The van der Waals surface area contributed by atoms with E-state index in [1.165, 1.54) is 11.3 Å². The van der Waals surface area contributed by atoms with E-state index in [1.54, 1.807) is 17.7 Å². The van der Waals surface area contributed by atoms with Crippen molar-refractivity contribution in [3.8, 4) is 10.8 Å². The molecule has 0 spiro atoms. The Morgan fingerprint density at radius 1 is 1.50 bits per heavy atom. The molecule has 3 rings (SSSR count). The van der Waals surface area contributed by atoms with Crippen molar-refractivity contribution in [1.29, 1.82) is 0 Å². The van der Waals surface area contributed by atoms with Gasteiger partial charge >= 0.3 is 5.97 Å². The van der Waals surface area contributed by atoms with Crippen molar-refractivity contribution in [2.75, 3.05) is 6.61 Å². The Morgan fingerprint density at radius 2 is 2.45 bits per heavy atom. The number of esters is 1. The predicted molar refractivity (Wildman–Crippen MR) is 76.6 cm³/mol. The van der Waals surface area contributed by atoms with Crippen LogP contribution in [0.25, 0.3) is 10.8 Å². The Hall–Kier alpha value is -1.88. The first-order valence-electron chi connectivity index (χ1n) is 6.64. The number of carbonyl (C=O) groups excluding carboxylic acids is 1. The minimum absolute atomic E-state index is 0.353. The third-order valence-corrected chi connectivity index (χ3v) is 4.13. The molecule has 0 radical (unpaired) electrons. The van der Waals surface area contributed by atoms with Crippen molar-refractivity contribution >= 4 is 17.3 Å². The first-order valence-corrected chi connectivity index (χ1v) is 7.52. The third-order valence-electron chi connectivity index (χ3n) is 3.27. The molecular weight excluding hydrogens is 274 g/mol. The van der Waals surface area contributed by atoms with Gasteiger partial charge in [-0.3, -0.25) is 0 Å². The van der Waals surface area contributed by atoms with Gasteiger partial charge < -0.3 is 9.15 Å². The van der Waals surface area contributed by atoms with Crippen molar-refractivity contribution in [2.24, 2.45) is 5.92 Å². The SMILES string of the molecule is O=C(OCC1CC=CCC1)c1csc(-c2ccco2)n1. The first-order chi connectivity index (χ1) is 9.83. The highest BCUT2D eigenvalue weighted by Gasteiger charge is 2.17. The van der Waals surface area contributed by atoms with Crippen molar-refractivity contribution in [2.45, 2.75) is 19.3 Å². The maximum Gasteiger partial charge on any atom is 0.357 e. The molecule has 0 amide bonds. The highest BCUT2D eigenvalue weighted by molar-refractivity contribution is 7.13. The van der Waals surface area contributed by atoms with E-state index in [4.69, 9.17) is 9.15 Å². The fourth-order valence-corrected chi connectivity index (χ4v) is 2.91. The lowest BCUT2D eigenvalue weighted by molar-refractivity contribution is 0.0426. The maximum atomic E-state index is 11.9. The molecule has 1 atom stereocenters. The summed E-state index contributed by atoms with van der Waals surface area (Å²) in [5, 5.41) is 2.41. The molecule has 2 aromatic heterocycles. The zero-order chi connectivity index (χ0) is 13.8. The first kappa shape index (κ1) is 13.1. The normalized spacial score (nSPS) is 18.1. The molecule has 0 saturated carbocycles. The maximum absolute atomic E-state index is 11.9. The monoisotopic (exact) mass is 289 g/mol. The van der Waals surface area contributed by atoms with Gasteiger partial charge in [0.25, 0.3) is 0 Å². The molecule has 2 heterocycles. The second-order valence-corrected chi connectivity index (χ2v) is 5.62. The van der Waals surface area contributed by atoms with Gasteiger partial charge in [-0.1, -0.05) is 12.2 Å². The average Bonchev–Trinajstić information content (AvgIpc) is 3.16. The van der Waals surface area contributed by atoms with Crippen LogP contribution in [0, 0.1) is 5.92 Å². The lowest BCUT2D eigenvalue weighted by Gasteiger charge is -2.16. The van der Waals surface area contributed by atoms with Gasteiger partial charge in [-0.05, 0) is 37.3 Å². The molecule has 0 aliphatic heterocycles. The highest BCUT2D eigenvalue weighted by atomic mass is 32.1. The van der Waals surface area contributed by atoms with Crippen LogP contribution < -0.4 is 0 Å². The van der Waals surface area contributed by atoms with Crippen LogP contribution in [0.4, 0.5) is 0 Å². The third kappa shape index (κ3) is 2.99. The molecule has 0 aromatic carbocycles. The van der Waals surface area contributed by atoms with Crippen LogP contribution in [0.3, 0.4) is 0 Å². The number of allylic oxidation sites excluding steroid dienone is 2. The smallest absolute Gasteiger partial charge is 0.357 e. The molecule has 104 valence electrons. The van der Waals surface area contributed by atoms with Crippen LogP contribution in [0.1, 0.15) is 29.8 Å². The number of hydrogen-bond acceptors (Lipinski definition) is 5. The van der Waals surface area contributed by atoms with E-state index in [9.17, 15) is 4.79 Å². The van der Waals surface area contributed by atoms with Crippen LogP contribution >= 0.6 is 11.3 Å². The Kier molecular flexibility index (Phi) is 3.97. The molecule has 0 saturated heterocycles. The summed E-state index contributed by atoms with van der Waals surface area (Å²) in [6, 6.07) is 3.62. The lowest BCUT2D eigenvalue weighted by atomic mass is 9.95. The summed E-state index contributed by atoms with van der Waals surface area (Å²) in [5.74, 6) is 0.757. The van der Waals surface area contributed by atoms with E-state index >= 15 is 0 Å². The summed E-state index contributed by atoms with van der Waals surface area (Å²) in [5.41, 5.74) is 0.354. The molecule has 2 aromatic rings. The summed E-state index contributed by atoms with van der Waals surface area (Å²) in [4.78, 5) is 16.2. The minimum Gasteiger partial charge on any atom is -0.462 e. The van der Waals surface area contributed by atoms with Gasteiger partial charge in [-0.25, -0.2) is 9.78 Å². The molecule has 5 heteroatoms. The van der Waals surface area contributed by atoms with Crippen molar-refractivity contribution in [3.63, 3.8) is 0 Å². The van der Waals surface area contributed by atoms with E-state index in [0.717, 1.165) is 19.3 Å². The number of hydrogen-bond donors (Lipinski definition) is 0. The minimum atomic E-state index is -0.353. The largest absolute Gasteiger partial charge is 0.462 e. The predicted octanol–water partition coefficient (Wildman–Crippen LogP) is 3.92. The molecule has 0 N–H and O–H groups in total. The molecular formula is C15H15NO3S. The Bertz CT molecular complexity index is 600. The fourth-order valence-electron chi connectivity index (χ4n) is 2.16. The molecule has 1 aliphatic carbocycles. The van der Waals surface area contributed by atoms with Crippen LogP contribution in [0.2, 0.25) is 0 Å². The number of rotatable bonds is 4. The van der Waals surface area contributed by atoms with E-state index in [2.05, 4.69) is 17.1 Å². The zero-order valence-electron chi connectivity index (χ0n) is 11.0. The van der Waals surface area contributed by atoms with E-state index in [1.807, 2.05) is 6.07 Å². The van der Waals surface area contributed by atoms with Gasteiger partial charge in [0.15, 0.2) is 16.5 Å². The lowest BCUT2D eigenvalue weighted by Crippen LogP contribution is -2.15. The molecule has 1 aliphatic rings. The van der Waals surface area contributed by atoms with E-state index in [-0.39, 0.29) is 5.97 Å². The summed E-state index contributed by atoms with van der Waals surface area (Å²) in [6.07, 6.45) is 9.06. The zero-order valence-corrected chi connectivity index (χ0v) is 11.8. The molecule has 0 bridgehead atoms. The Morgan fingerprint density at radius 3 is 3.20 bits per heavy atom. The number of carbonyl (C=O) groups is 1. The quantitative estimate of drug-likeness (QED) is 0.632. The molecule has 1 unspecified atom stereocenters. The summed E-state index contributed by atoms with van der Waals surface area (Å²) in [7, 11) is 0. The second kappa shape index (κ2) is 6.05. The summed E-state index contributed by atoms with van der Waals surface area (Å²) >= 11 is 1.38.